The fourth-order valence-electron chi connectivity index (χ4n) is 2.94. The number of carbonyl (C=O) groups excluding carboxylic acids is 1. The van der Waals surface area contributed by atoms with Crippen LogP contribution < -0.4 is 5.32 Å². The van der Waals surface area contributed by atoms with Gasteiger partial charge in [-0.1, -0.05) is 17.7 Å². The van der Waals surface area contributed by atoms with Gasteiger partial charge in [0, 0.05) is 11.6 Å². The van der Waals surface area contributed by atoms with Crippen LogP contribution in [0.5, 0.6) is 0 Å². The van der Waals surface area contributed by atoms with Crippen molar-refractivity contribution < 1.29 is 4.79 Å². The number of aryl methyl sites for hydroxylation is 2. The molecule has 110 valence electrons. The minimum atomic E-state index is -0.0569. The predicted octanol–water partition coefficient (Wildman–Crippen LogP) is 2.56. The van der Waals surface area contributed by atoms with Crippen molar-refractivity contribution in [3.63, 3.8) is 0 Å². The number of Topliss-reactive ketones (excluding diaryl/α,β-unsaturated/α-hetero) is 1. The summed E-state index contributed by atoms with van der Waals surface area (Å²) in [6.07, 6.45) is 2.25. The smallest absolute Gasteiger partial charge is 0.179 e. The third kappa shape index (κ3) is 3.28. The maximum absolute atomic E-state index is 12.7. The first-order chi connectivity index (χ1) is 9.50. The molecule has 1 unspecified atom stereocenters. The fraction of sp³-hybridized carbons (Fsp3) is 0.588. The summed E-state index contributed by atoms with van der Waals surface area (Å²) in [4.78, 5) is 15.0. The van der Waals surface area contributed by atoms with E-state index in [9.17, 15) is 4.79 Å². The SMILES string of the molecule is Cc1ccc(C)c(C(=O)C(C)N(C)C2CCNCC2)c1. The Morgan fingerprint density at radius 2 is 1.95 bits per heavy atom. The number of likely N-dealkylation sites (N-methyl/N-ethyl adjacent to an activating group) is 1. The molecule has 1 fully saturated rings. The summed E-state index contributed by atoms with van der Waals surface area (Å²) in [6, 6.07) is 6.58. The van der Waals surface area contributed by atoms with Crippen LogP contribution in [0, 0.1) is 13.8 Å². The third-order valence-electron chi connectivity index (χ3n) is 4.53. The first kappa shape index (κ1) is 15.2. The van der Waals surface area contributed by atoms with E-state index in [0.29, 0.717) is 6.04 Å². The summed E-state index contributed by atoms with van der Waals surface area (Å²) in [5, 5.41) is 3.37. The molecule has 1 aliphatic rings. The molecule has 0 saturated carbocycles. The summed E-state index contributed by atoms with van der Waals surface area (Å²) < 4.78 is 0. The largest absolute Gasteiger partial charge is 0.317 e. The summed E-state index contributed by atoms with van der Waals surface area (Å²) in [7, 11) is 2.09. The zero-order chi connectivity index (χ0) is 14.7. The zero-order valence-corrected chi connectivity index (χ0v) is 13.1. The fourth-order valence-corrected chi connectivity index (χ4v) is 2.94. The molecule has 1 saturated heterocycles. The Balaban J connectivity index is 2.12. The van der Waals surface area contributed by atoms with Gasteiger partial charge in [0.05, 0.1) is 6.04 Å². The molecule has 1 heterocycles. The second kappa shape index (κ2) is 6.51. The van der Waals surface area contributed by atoms with Crippen molar-refractivity contribution in [2.24, 2.45) is 0 Å². The number of nitrogens with zero attached hydrogens (tertiary/aromatic N) is 1. The van der Waals surface area contributed by atoms with Gasteiger partial charge >= 0.3 is 0 Å². The van der Waals surface area contributed by atoms with Gasteiger partial charge in [-0.3, -0.25) is 9.69 Å². The van der Waals surface area contributed by atoms with Crippen LogP contribution >= 0.6 is 0 Å². The monoisotopic (exact) mass is 274 g/mol. The van der Waals surface area contributed by atoms with E-state index in [4.69, 9.17) is 0 Å². The maximum Gasteiger partial charge on any atom is 0.179 e. The molecule has 0 aliphatic carbocycles. The Labute approximate surface area is 122 Å². The van der Waals surface area contributed by atoms with Crippen LogP contribution in [-0.2, 0) is 0 Å². The van der Waals surface area contributed by atoms with Crippen LogP contribution in [-0.4, -0.2) is 42.9 Å². The summed E-state index contributed by atoms with van der Waals surface area (Å²) in [5.74, 6) is 0.243. The molecule has 20 heavy (non-hydrogen) atoms. The van der Waals surface area contributed by atoms with E-state index in [2.05, 4.69) is 23.3 Å². The molecule has 3 heteroatoms. The van der Waals surface area contributed by atoms with Gasteiger partial charge in [-0.2, -0.15) is 0 Å². The Morgan fingerprint density at radius 1 is 1.30 bits per heavy atom. The average molecular weight is 274 g/mol. The lowest BCUT2D eigenvalue weighted by atomic mass is 9.95. The average Bonchev–Trinajstić information content (AvgIpc) is 2.48. The van der Waals surface area contributed by atoms with E-state index in [1.165, 1.54) is 0 Å². The first-order valence-electron chi connectivity index (χ1n) is 7.55. The van der Waals surface area contributed by atoms with Crippen molar-refractivity contribution in [2.75, 3.05) is 20.1 Å². The molecule has 3 nitrogen and oxygen atoms in total. The second-order valence-electron chi connectivity index (χ2n) is 6.01. The van der Waals surface area contributed by atoms with Crippen molar-refractivity contribution in [2.45, 2.75) is 45.7 Å². The highest BCUT2D eigenvalue weighted by molar-refractivity contribution is 6.01. The van der Waals surface area contributed by atoms with Crippen LogP contribution in [0.15, 0.2) is 18.2 Å². The number of ketones is 1. The van der Waals surface area contributed by atoms with Crippen molar-refractivity contribution in [1.82, 2.24) is 10.2 Å². The van der Waals surface area contributed by atoms with Gasteiger partial charge in [0.2, 0.25) is 0 Å². The van der Waals surface area contributed by atoms with E-state index in [1.54, 1.807) is 0 Å². The van der Waals surface area contributed by atoms with Crippen molar-refractivity contribution in [3.05, 3.63) is 34.9 Å². The third-order valence-corrected chi connectivity index (χ3v) is 4.53. The standard InChI is InChI=1S/C17H26N2O/c1-12-5-6-13(2)16(11-12)17(20)14(3)19(4)15-7-9-18-10-8-15/h5-6,11,14-15,18H,7-10H2,1-4H3. The van der Waals surface area contributed by atoms with Crippen LogP contribution in [0.4, 0.5) is 0 Å². The van der Waals surface area contributed by atoms with Crippen molar-refractivity contribution in [1.29, 1.82) is 0 Å². The van der Waals surface area contributed by atoms with Crippen LogP contribution in [0.2, 0.25) is 0 Å². The highest BCUT2D eigenvalue weighted by Gasteiger charge is 2.27. The van der Waals surface area contributed by atoms with E-state index in [-0.39, 0.29) is 11.8 Å². The maximum atomic E-state index is 12.7. The number of benzene rings is 1. The van der Waals surface area contributed by atoms with Gasteiger partial charge in [-0.05, 0) is 65.4 Å². The molecule has 1 N–H and O–H groups in total. The number of hydrogen-bond donors (Lipinski definition) is 1. The van der Waals surface area contributed by atoms with Gasteiger partial charge in [-0.25, -0.2) is 0 Å². The molecule has 1 atom stereocenters. The number of rotatable bonds is 4. The van der Waals surface area contributed by atoms with E-state index < -0.39 is 0 Å². The van der Waals surface area contributed by atoms with Gasteiger partial charge in [-0.15, -0.1) is 0 Å². The van der Waals surface area contributed by atoms with Crippen LogP contribution in [0.1, 0.15) is 41.3 Å². The molecule has 1 aromatic rings. The molecule has 0 bridgehead atoms. The number of piperidine rings is 1. The van der Waals surface area contributed by atoms with Gasteiger partial charge in [0.15, 0.2) is 5.78 Å². The number of nitrogens with one attached hydrogen (secondary N) is 1. The molecule has 1 aromatic carbocycles. The highest BCUT2D eigenvalue weighted by Crippen LogP contribution is 2.19. The molecular formula is C17H26N2O. The number of carbonyl (C=O) groups is 1. The van der Waals surface area contributed by atoms with E-state index in [1.807, 2.05) is 32.9 Å². The predicted molar refractivity (Wildman–Crippen MR) is 83.4 cm³/mol. The Morgan fingerprint density at radius 3 is 2.60 bits per heavy atom. The van der Waals surface area contributed by atoms with Gasteiger partial charge in [0.1, 0.15) is 0 Å². The zero-order valence-electron chi connectivity index (χ0n) is 13.1. The van der Waals surface area contributed by atoms with E-state index >= 15 is 0 Å². The molecule has 0 amide bonds. The minimum absolute atomic E-state index is 0.0569. The van der Waals surface area contributed by atoms with Gasteiger partial charge < -0.3 is 5.32 Å². The lowest BCUT2D eigenvalue weighted by molar-refractivity contribution is 0.0785. The normalized spacial score (nSPS) is 18.2. The van der Waals surface area contributed by atoms with Crippen molar-refractivity contribution >= 4 is 5.78 Å². The highest BCUT2D eigenvalue weighted by atomic mass is 16.1. The molecule has 0 spiro atoms. The summed E-state index contributed by atoms with van der Waals surface area (Å²) in [5.41, 5.74) is 3.10. The van der Waals surface area contributed by atoms with Crippen LogP contribution in [0.3, 0.4) is 0 Å². The Kier molecular flexibility index (Phi) is 4.95. The lowest BCUT2D eigenvalue weighted by Crippen LogP contribution is -2.47. The lowest BCUT2D eigenvalue weighted by Gasteiger charge is -2.35. The van der Waals surface area contributed by atoms with Crippen LogP contribution in [0.25, 0.3) is 0 Å². The molecule has 1 aliphatic heterocycles. The van der Waals surface area contributed by atoms with E-state index in [0.717, 1.165) is 42.6 Å². The molecule has 2 rings (SSSR count). The molecular weight excluding hydrogens is 248 g/mol. The molecule has 0 radical (unpaired) electrons. The summed E-state index contributed by atoms with van der Waals surface area (Å²) in [6.45, 7) is 8.20. The minimum Gasteiger partial charge on any atom is -0.317 e. The first-order valence-corrected chi connectivity index (χ1v) is 7.55. The Bertz CT molecular complexity index is 478. The van der Waals surface area contributed by atoms with Gasteiger partial charge in [0.25, 0.3) is 0 Å². The van der Waals surface area contributed by atoms with Crippen molar-refractivity contribution in [3.8, 4) is 0 Å². The Hall–Kier alpha value is -1.19. The second-order valence-corrected chi connectivity index (χ2v) is 6.01. The summed E-state index contributed by atoms with van der Waals surface area (Å²) >= 11 is 0. The number of hydrogen-bond acceptors (Lipinski definition) is 3. The quantitative estimate of drug-likeness (QED) is 0.857. The topological polar surface area (TPSA) is 32.3 Å². The molecule has 0 aromatic heterocycles.